The predicted octanol–water partition coefficient (Wildman–Crippen LogP) is 1.33. The highest BCUT2D eigenvalue weighted by atomic mass is 16.6. The molecule has 0 aliphatic carbocycles. The van der Waals surface area contributed by atoms with Crippen molar-refractivity contribution in [3.63, 3.8) is 0 Å². The third-order valence-electron chi connectivity index (χ3n) is 3.75. The van der Waals surface area contributed by atoms with Gasteiger partial charge in [-0.1, -0.05) is 6.07 Å². The van der Waals surface area contributed by atoms with Gasteiger partial charge in [0, 0.05) is 12.6 Å². The molecule has 1 saturated heterocycles. The molecule has 0 bridgehead atoms. The minimum absolute atomic E-state index is 0.0923. The van der Waals surface area contributed by atoms with Crippen molar-refractivity contribution in [3.05, 3.63) is 23.8 Å². The number of ether oxygens (including phenoxy) is 2. The second-order valence-electron chi connectivity index (χ2n) is 5.17. The molecule has 1 unspecified atom stereocenters. The van der Waals surface area contributed by atoms with Crippen LogP contribution in [0.1, 0.15) is 29.6 Å². The number of hydrogen-bond donors (Lipinski definition) is 2. The van der Waals surface area contributed by atoms with Gasteiger partial charge in [-0.15, -0.1) is 0 Å². The van der Waals surface area contributed by atoms with Crippen LogP contribution in [-0.2, 0) is 0 Å². The highest BCUT2D eigenvalue weighted by Gasteiger charge is 2.20. The van der Waals surface area contributed by atoms with Crippen molar-refractivity contribution in [1.82, 2.24) is 10.6 Å². The Hall–Kier alpha value is -1.75. The quantitative estimate of drug-likeness (QED) is 0.871. The van der Waals surface area contributed by atoms with Crippen LogP contribution < -0.4 is 20.1 Å². The molecule has 2 heterocycles. The Balaban J connectivity index is 1.59. The Kier molecular flexibility index (Phi) is 4.06. The number of fused-ring (bicyclic) bond motifs is 1. The average Bonchev–Trinajstić information content (AvgIpc) is 3.00. The Bertz CT molecular complexity index is 484. The van der Waals surface area contributed by atoms with E-state index < -0.39 is 0 Å². The number of nitrogens with one attached hydrogen (secondary N) is 2. The normalized spacial score (nSPS) is 20.7. The van der Waals surface area contributed by atoms with Crippen molar-refractivity contribution < 1.29 is 14.3 Å². The second-order valence-corrected chi connectivity index (χ2v) is 5.17. The molecule has 108 valence electrons. The fourth-order valence-electron chi connectivity index (χ4n) is 2.71. The van der Waals surface area contributed by atoms with Crippen molar-refractivity contribution in [1.29, 1.82) is 0 Å². The fourth-order valence-corrected chi connectivity index (χ4v) is 2.71. The first kappa shape index (κ1) is 13.2. The van der Waals surface area contributed by atoms with E-state index in [0.717, 1.165) is 13.0 Å². The number of hydrogen-bond acceptors (Lipinski definition) is 4. The van der Waals surface area contributed by atoms with Crippen molar-refractivity contribution >= 4 is 5.91 Å². The van der Waals surface area contributed by atoms with E-state index in [4.69, 9.17) is 9.47 Å². The monoisotopic (exact) mass is 276 g/mol. The van der Waals surface area contributed by atoms with E-state index in [0.29, 0.717) is 42.9 Å². The topological polar surface area (TPSA) is 59.6 Å². The summed E-state index contributed by atoms with van der Waals surface area (Å²) >= 11 is 0. The zero-order valence-corrected chi connectivity index (χ0v) is 11.5. The van der Waals surface area contributed by atoms with Crippen molar-refractivity contribution in [2.75, 3.05) is 26.3 Å². The molecule has 0 spiro atoms. The SMILES string of the molecule is O=C(NCCC1CCCN1)c1cccc2c1OCCO2. The van der Waals surface area contributed by atoms with Gasteiger partial charge in [-0.3, -0.25) is 4.79 Å². The molecule has 1 fully saturated rings. The van der Waals surface area contributed by atoms with Crippen molar-refractivity contribution in [2.45, 2.75) is 25.3 Å². The van der Waals surface area contributed by atoms with Gasteiger partial charge < -0.3 is 20.1 Å². The van der Waals surface area contributed by atoms with Crippen LogP contribution in [-0.4, -0.2) is 38.3 Å². The molecule has 2 N–H and O–H groups in total. The fraction of sp³-hybridized carbons (Fsp3) is 0.533. The number of amides is 1. The van der Waals surface area contributed by atoms with Crippen molar-refractivity contribution in [3.8, 4) is 11.5 Å². The summed E-state index contributed by atoms with van der Waals surface area (Å²) in [5, 5.41) is 6.39. The van der Waals surface area contributed by atoms with E-state index in [1.807, 2.05) is 12.1 Å². The van der Waals surface area contributed by atoms with Crippen LogP contribution in [0.15, 0.2) is 18.2 Å². The van der Waals surface area contributed by atoms with Gasteiger partial charge in [0.1, 0.15) is 13.2 Å². The van der Waals surface area contributed by atoms with Gasteiger partial charge in [0.2, 0.25) is 0 Å². The lowest BCUT2D eigenvalue weighted by molar-refractivity contribution is 0.0941. The van der Waals surface area contributed by atoms with Crippen LogP contribution >= 0.6 is 0 Å². The number of benzene rings is 1. The smallest absolute Gasteiger partial charge is 0.255 e. The summed E-state index contributed by atoms with van der Waals surface area (Å²) in [6, 6.07) is 5.96. The molecule has 5 heteroatoms. The van der Waals surface area contributed by atoms with E-state index in [1.54, 1.807) is 6.07 Å². The largest absolute Gasteiger partial charge is 0.486 e. The van der Waals surface area contributed by atoms with Crippen LogP contribution in [0.3, 0.4) is 0 Å². The van der Waals surface area contributed by atoms with Crippen LogP contribution in [0.25, 0.3) is 0 Å². The van der Waals surface area contributed by atoms with E-state index in [9.17, 15) is 4.79 Å². The molecule has 0 radical (unpaired) electrons. The van der Waals surface area contributed by atoms with Crippen LogP contribution in [0.2, 0.25) is 0 Å². The first-order valence-electron chi connectivity index (χ1n) is 7.25. The summed E-state index contributed by atoms with van der Waals surface area (Å²) in [5.41, 5.74) is 0.557. The van der Waals surface area contributed by atoms with Gasteiger partial charge in [0.15, 0.2) is 11.5 Å². The maximum Gasteiger partial charge on any atom is 0.255 e. The molecule has 3 rings (SSSR count). The van der Waals surface area contributed by atoms with E-state index in [-0.39, 0.29) is 5.91 Å². The van der Waals surface area contributed by atoms with E-state index >= 15 is 0 Å². The second kappa shape index (κ2) is 6.13. The van der Waals surface area contributed by atoms with Gasteiger partial charge in [-0.25, -0.2) is 0 Å². The summed E-state index contributed by atoms with van der Waals surface area (Å²) < 4.78 is 11.0. The Morgan fingerprint density at radius 2 is 2.25 bits per heavy atom. The van der Waals surface area contributed by atoms with Gasteiger partial charge >= 0.3 is 0 Å². The molecule has 5 nitrogen and oxygen atoms in total. The van der Waals surface area contributed by atoms with Gasteiger partial charge in [-0.05, 0) is 37.9 Å². The Morgan fingerprint density at radius 1 is 1.35 bits per heavy atom. The van der Waals surface area contributed by atoms with Crippen LogP contribution in [0.4, 0.5) is 0 Å². The van der Waals surface area contributed by atoms with Gasteiger partial charge in [0.05, 0.1) is 5.56 Å². The molecule has 2 aliphatic rings. The summed E-state index contributed by atoms with van der Waals surface area (Å²) in [5.74, 6) is 1.13. The molecular weight excluding hydrogens is 256 g/mol. The molecule has 1 aromatic rings. The number of carbonyl (C=O) groups is 1. The van der Waals surface area contributed by atoms with Crippen LogP contribution in [0, 0.1) is 0 Å². The first-order chi connectivity index (χ1) is 9.84. The zero-order valence-electron chi connectivity index (χ0n) is 11.5. The number of carbonyl (C=O) groups excluding carboxylic acids is 1. The van der Waals surface area contributed by atoms with E-state index in [2.05, 4.69) is 10.6 Å². The molecular formula is C15H20N2O3. The van der Waals surface area contributed by atoms with Crippen LogP contribution in [0.5, 0.6) is 11.5 Å². The molecule has 1 aromatic carbocycles. The highest BCUT2D eigenvalue weighted by Crippen LogP contribution is 2.33. The lowest BCUT2D eigenvalue weighted by Gasteiger charge is -2.20. The average molecular weight is 276 g/mol. The molecule has 1 atom stereocenters. The molecule has 2 aliphatic heterocycles. The maximum atomic E-state index is 12.2. The summed E-state index contributed by atoms with van der Waals surface area (Å²) in [6.45, 7) is 2.80. The zero-order chi connectivity index (χ0) is 13.8. The number of para-hydroxylation sites is 1. The van der Waals surface area contributed by atoms with E-state index in [1.165, 1.54) is 12.8 Å². The molecule has 20 heavy (non-hydrogen) atoms. The predicted molar refractivity (Wildman–Crippen MR) is 75.4 cm³/mol. The highest BCUT2D eigenvalue weighted by molar-refractivity contribution is 5.97. The summed E-state index contributed by atoms with van der Waals surface area (Å²) in [4.78, 5) is 12.2. The van der Waals surface area contributed by atoms with Gasteiger partial charge in [-0.2, -0.15) is 0 Å². The van der Waals surface area contributed by atoms with Gasteiger partial charge in [0.25, 0.3) is 5.91 Å². The molecule has 0 saturated carbocycles. The lowest BCUT2D eigenvalue weighted by Crippen LogP contribution is -2.31. The van der Waals surface area contributed by atoms with Crippen molar-refractivity contribution in [2.24, 2.45) is 0 Å². The summed E-state index contributed by atoms with van der Waals surface area (Å²) in [7, 11) is 0. The Morgan fingerprint density at radius 3 is 3.10 bits per heavy atom. The maximum absolute atomic E-state index is 12.2. The third kappa shape index (κ3) is 2.88. The standard InChI is InChI=1S/C15H20N2O3/c18-15(17-8-6-11-3-2-7-16-11)12-4-1-5-13-14(12)20-10-9-19-13/h1,4-5,11,16H,2-3,6-10H2,(H,17,18). The minimum Gasteiger partial charge on any atom is -0.486 e. The lowest BCUT2D eigenvalue weighted by atomic mass is 10.1. The third-order valence-corrected chi connectivity index (χ3v) is 3.75. The molecule has 0 aromatic heterocycles. The first-order valence-corrected chi connectivity index (χ1v) is 7.25. The summed E-state index contributed by atoms with van der Waals surface area (Å²) in [6.07, 6.45) is 3.40. The molecule has 1 amide bonds. The Labute approximate surface area is 118 Å². The number of rotatable bonds is 4. The minimum atomic E-state index is -0.0923.